The van der Waals surface area contributed by atoms with Crippen molar-refractivity contribution in [3.8, 4) is 0 Å². The third-order valence-electron chi connectivity index (χ3n) is 2.28. The molecule has 0 unspecified atom stereocenters. The van der Waals surface area contributed by atoms with E-state index in [9.17, 15) is 8.42 Å². The van der Waals surface area contributed by atoms with Gasteiger partial charge in [0.1, 0.15) is 0 Å². The third kappa shape index (κ3) is 2.08. The van der Waals surface area contributed by atoms with Gasteiger partial charge in [-0.3, -0.25) is 4.18 Å². The quantitative estimate of drug-likeness (QED) is 0.769. The van der Waals surface area contributed by atoms with Crippen molar-refractivity contribution in [2.24, 2.45) is 0 Å². The normalized spacial score (nSPS) is 11.8. The lowest BCUT2D eigenvalue weighted by Gasteiger charge is -2.04. The van der Waals surface area contributed by atoms with Crippen molar-refractivity contribution in [1.29, 1.82) is 0 Å². The summed E-state index contributed by atoms with van der Waals surface area (Å²) in [6.07, 6.45) is 0. The van der Waals surface area contributed by atoms with Gasteiger partial charge in [0, 0.05) is 0 Å². The smallest absolute Gasteiger partial charge is 0.267 e. The maximum Gasteiger partial charge on any atom is 0.296 e. The van der Waals surface area contributed by atoms with Gasteiger partial charge in [-0.2, -0.15) is 8.42 Å². The van der Waals surface area contributed by atoms with Crippen molar-refractivity contribution in [1.82, 2.24) is 0 Å². The molecule has 0 saturated carbocycles. The highest BCUT2D eigenvalue weighted by Gasteiger charge is 2.13. The van der Waals surface area contributed by atoms with Crippen molar-refractivity contribution in [2.45, 2.75) is 11.8 Å². The fraction of sp³-hybridized carbons (Fsp3) is 0.167. The maximum atomic E-state index is 11.7. The van der Waals surface area contributed by atoms with Gasteiger partial charge >= 0.3 is 0 Å². The minimum Gasteiger partial charge on any atom is -0.267 e. The van der Waals surface area contributed by atoms with E-state index in [1.54, 1.807) is 25.1 Å². The zero-order valence-corrected chi connectivity index (χ0v) is 9.70. The molecule has 0 heterocycles. The Kier molecular flexibility index (Phi) is 2.94. The van der Waals surface area contributed by atoms with Gasteiger partial charge in [0.05, 0.1) is 11.5 Å². The first-order valence-electron chi connectivity index (χ1n) is 5.02. The Morgan fingerprint density at radius 3 is 2.44 bits per heavy atom. The Morgan fingerprint density at radius 1 is 1.06 bits per heavy atom. The number of fused-ring (bicyclic) bond motifs is 1. The summed E-state index contributed by atoms with van der Waals surface area (Å²) in [5, 5.41) is 1.90. The fourth-order valence-electron chi connectivity index (χ4n) is 1.55. The number of rotatable bonds is 3. The molecule has 4 heteroatoms. The summed E-state index contributed by atoms with van der Waals surface area (Å²) in [5.74, 6) is 0. The average Bonchev–Trinajstić information content (AvgIpc) is 2.28. The molecule has 0 saturated heterocycles. The van der Waals surface area contributed by atoms with Gasteiger partial charge in [-0.1, -0.05) is 30.3 Å². The molecule has 0 fully saturated rings. The summed E-state index contributed by atoms with van der Waals surface area (Å²) in [6.45, 7) is 1.80. The molecule has 0 radical (unpaired) electrons. The van der Waals surface area contributed by atoms with Crippen LogP contribution in [0.1, 0.15) is 6.92 Å². The predicted molar refractivity (Wildman–Crippen MR) is 62.8 cm³/mol. The van der Waals surface area contributed by atoms with Gasteiger partial charge in [-0.25, -0.2) is 0 Å². The van der Waals surface area contributed by atoms with E-state index in [1.807, 2.05) is 24.3 Å². The maximum absolute atomic E-state index is 11.7. The van der Waals surface area contributed by atoms with Crippen LogP contribution in [0.3, 0.4) is 0 Å². The van der Waals surface area contributed by atoms with E-state index < -0.39 is 10.1 Å². The largest absolute Gasteiger partial charge is 0.296 e. The van der Waals surface area contributed by atoms with E-state index in [4.69, 9.17) is 4.18 Å². The molecule has 0 aromatic heterocycles. The van der Waals surface area contributed by atoms with Crippen LogP contribution in [0.2, 0.25) is 0 Å². The van der Waals surface area contributed by atoms with Crippen LogP contribution in [-0.4, -0.2) is 15.0 Å². The standard InChI is InChI=1S/C12H12O3S/c1-2-15-16(13,14)12-8-7-10-5-3-4-6-11(10)9-12/h3-9H,2H2,1H3. The fourth-order valence-corrected chi connectivity index (χ4v) is 2.50. The molecular weight excluding hydrogens is 224 g/mol. The van der Waals surface area contributed by atoms with Gasteiger partial charge in [0.2, 0.25) is 0 Å². The second-order valence-corrected chi connectivity index (χ2v) is 4.98. The Hall–Kier alpha value is -1.39. The monoisotopic (exact) mass is 236 g/mol. The van der Waals surface area contributed by atoms with Gasteiger partial charge in [-0.15, -0.1) is 0 Å². The first-order valence-corrected chi connectivity index (χ1v) is 6.42. The van der Waals surface area contributed by atoms with Crippen LogP contribution >= 0.6 is 0 Å². The third-order valence-corrected chi connectivity index (χ3v) is 3.66. The first-order chi connectivity index (χ1) is 7.63. The van der Waals surface area contributed by atoms with Crippen LogP contribution in [0.25, 0.3) is 10.8 Å². The highest BCUT2D eigenvalue weighted by Crippen LogP contribution is 2.20. The highest BCUT2D eigenvalue weighted by molar-refractivity contribution is 7.86. The van der Waals surface area contributed by atoms with Crippen LogP contribution in [0.5, 0.6) is 0 Å². The van der Waals surface area contributed by atoms with Crippen molar-refractivity contribution >= 4 is 20.9 Å². The van der Waals surface area contributed by atoms with Crippen LogP contribution in [0.15, 0.2) is 47.4 Å². The topological polar surface area (TPSA) is 43.4 Å². The number of benzene rings is 2. The van der Waals surface area contributed by atoms with Crippen LogP contribution in [0.4, 0.5) is 0 Å². The van der Waals surface area contributed by atoms with Gasteiger partial charge in [0.15, 0.2) is 0 Å². The summed E-state index contributed by atoms with van der Waals surface area (Å²) >= 11 is 0. The van der Waals surface area contributed by atoms with Crippen LogP contribution in [-0.2, 0) is 14.3 Å². The Bertz CT molecular complexity index is 602. The summed E-state index contributed by atoms with van der Waals surface area (Å²) < 4.78 is 28.0. The zero-order valence-electron chi connectivity index (χ0n) is 8.88. The van der Waals surface area contributed by atoms with E-state index in [1.165, 1.54) is 0 Å². The van der Waals surface area contributed by atoms with Crippen molar-refractivity contribution in [2.75, 3.05) is 6.61 Å². The van der Waals surface area contributed by atoms with Crippen molar-refractivity contribution in [3.63, 3.8) is 0 Å². The number of hydrogen-bond donors (Lipinski definition) is 0. The predicted octanol–water partition coefficient (Wildman–Crippen LogP) is 2.57. The second kappa shape index (κ2) is 4.23. The van der Waals surface area contributed by atoms with E-state index >= 15 is 0 Å². The summed E-state index contributed by atoms with van der Waals surface area (Å²) in [7, 11) is -3.60. The van der Waals surface area contributed by atoms with Crippen molar-refractivity contribution in [3.05, 3.63) is 42.5 Å². The molecule has 0 N–H and O–H groups in total. The van der Waals surface area contributed by atoms with Crippen molar-refractivity contribution < 1.29 is 12.6 Å². The van der Waals surface area contributed by atoms with E-state index in [-0.39, 0.29) is 11.5 Å². The van der Waals surface area contributed by atoms with E-state index in [0.717, 1.165) is 10.8 Å². The molecular formula is C12H12O3S. The zero-order chi connectivity index (χ0) is 11.6. The average molecular weight is 236 g/mol. The molecule has 0 bridgehead atoms. The van der Waals surface area contributed by atoms with Gasteiger partial charge < -0.3 is 0 Å². The minimum atomic E-state index is -3.60. The van der Waals surface area contributed by atoms with Gasteiger partial charge in [-0.05, 0) is 29.8 Å². The Labute approximate surface area is 94.8 Å². The molecule has 2 aromatic rings. The molecule has 0 spiro atoms. The molecule has 0 amide bonds. The molecule has 0 aliphatic carbocycles. The highest BCUT2D eigenvalue weighted by atomic mass is 32.2. The lowest BCUT2D eigenvalue weighted by Crippen LogP contribution is -2.05. The lowest BCUT2D eigenvalue weighted by molar-refractivity contribution is 0.338. The summed E-state index contributed by atoms with van der Waals surface area (Å²) in [6, 6.07) is 12.6. The molecule has 0 atom stereocenters. The molecule has 84 valence electrons. The Balaban J connectivity index is 2.55. The summed E-state index contributed by atoms with van der Waals surface area (Å²) in [4.78, 5) is 0.202. The summed E-state index contributed by atoms with van der Waals surface area (Å²) in [5.41, 5.74) is 0. The first kappa shape index (κ1) is 11.1. The molecule has 0 aliphatic rings. The SMILES string of the molecule is CCOS(=O)(=O)c1ccc2ccccc2c1. The molecule has 0 aliphatic heterocycles. The molecule has 16 heavy (non-hydrogen) atoms. The van der Waals surface area contributed by atoms with Gasteiger partial charge in [0.25, 0.3) is 10.1 Å². The lowest BCUT2D eigenvalue weighted by atomic mass is 10.1. The minimum absolute atomic E-state index is 0.148. The van der Waals surface area contributed by atoms with E-state index in [0.29, 0.717) is 0 Å². The molecule has 2 rings (SSSR count). The molecule has 2 aromatic carbocycles. The van der Waals surface area contributed by atoms with Crippen LogP contribution in [0, 0.1) is 0 Å². The second-order valence-electron chi connectivity index (χ2n) is 3.37. The molecule has 3 nitrogen and oxygen atoms in total. The van der Waals surface area contributed by atoms with E-state index in [2.05, 4.69) is 0 Å². The Morgan fingerprint density at radius 2 is 1.75 bits per heavy atom. The number of hydrogen-bond acceptors (Lipinski definition) is 3. The van der Waals surface area contributed by atoms with Crippen LogP contribution < -0.4 is 0 Å².